The number of aliphatic hydroxyl groups excluding tert-OH is 1. The van der Waals surface area contributed by atoms with Gasteiger partial charge in [0.1, 0.15) is 12.1 Å². The van der Waals surface area contributed by atoms with E-state index in [2.05, 4.69) is 26.3 Å². The number of aromatic nitrogens is 1. The van der Waals surface area contributed by atoms with E-state index >= 15 is 0 Å². The summed E-state index contributed by atoms with van der Waals surface area (Å²) >= 11 is 0. The first kappa shape index (κ1) is 40.5. The SMILES string of the molecule is COC(=O)N[C@H](C(=O)NCC[C@H](O)[C@](Cc1ccccc1)(Cc1ccc(-c2ccncc2)cc1)NC(=O)[C@H](NC(=O)OC)C(C)(C)C)C(C)(C)C. The maximum atomic E-state index is 14.3. The smallest absolute Gasteiger partial charge is 0.407 e. The molecular formula is C39H53N5O7. The van der Waals surface area contributed by atoms with E-state index in [0.29, 0.717) is 0 Å². The second kappa shape index (κ2) is 17.8. The van der Waals surface area contributed by atoms with Crippen molar-refractivity contribution < 1.29 is 33.8 Å². The topological polar surface area (TPSA) is 168 Å². The van der Waals surface area contributed by atoms with Crippen LogP contribution in [0.3, 0.4) is 0 Å². The van der Waals surface area contributed by atoms with E-state index in [9.17, 15) is 24.3 Å². The summed E-state index contributed by atoms with van der Waals surface area (Å²) in [7, 11) is 2.45. The third-order valence-electron chi connectivity index (χ3n) is 8.73. The molecule has 12 heteroatoms. The van der Waals surface area contributed by atoms with Crippen LogP contribution in [0.25, 0.3) is 11.1 Å². The summed E-state index contributed by atoms with van der Waals surface area (Å²) in [6, 6.07) is 19.3. The number of pyridine rings is 1. The summed E-state index contributed by atoms with van der Waals surface area (Å²) in [5.41, 5.74) is 0.999. The normalized spacial score (nSPS) is 14.5. The third-order valence-corrected chi connectivity index (χ3v) is 8.73. The fourth-order valence-electron chi connectivity index (χ4n) is 5.89. The van der Waals surface area contributed by atoms with Crippen LogP contribution in [0, 0.1) is 10.8 Å². The van der Waals surface area contributed by atoms with Crippen molar-refractivity contribution in [2.75, 3.05) is 20.8 Å². The zero-order valence-corrected chi connectivity index (χ0v) is 30.9. The fraction of sp³-hybridized carbons (Fsp3) is 0.462. The largest absolute Gasteiger partial charge is 0.453 e. The molecule has 0 saturated carbocycles. The van der Waals surface area contributed by atoms with Gasteiger partial charge in [-0.05, 0) is 64.5 Å². The number of alkyl carbamates (subject to hydrolysis) is 2. The number of hydrogen-bond acceptors (Lipinski definition) is 8. The summed E-state index contributed by atoms with van der Waals surface area (Å²) in [6.45, 7) is 11.0. The number of amides is 4. The van der Waals surface area contributed by atoms with Crippen molar-refractivity contribution >= 4 is 24.0 Å². The summed E-state index contributed by atoms with van der Waals surface area (Å²) < 4.78 is 9.56. The van der Waals surface area contributed by atoms with Gasteiger partial charge in [0, 0.05) is 18.9 Å². The van der Waals surface area contributed by atoms with Crippen LogP contribution in [0.1, 0.15) is 59.1 Å². The summed E-state index contributed by atoms with van der Waals surface area (Å²) in [5.74, 6) is -0.949. The van der Waals surface area contributed by atoms with Crippen LogP contribution in [0.4, 0.5) is 9.59 Å². The van der Waals surface area contributed by atoms with Gasteiger partial charge in [0.05, 0.1) is 25.9 Å². The van der Waals surface area contributed by atoms with Crippen molar-refractivity contribution in [2.45, 2.75) is 84.5 Å². The van der Waals surface area contributed by atoms with Crippen LogP contribution in [0.5, 0.6) is 0 Å². The lowest BCUT2D eigenvalue weighted by Crippen LogP contribution is -2.65. The van der Waals surface area contributed by atoms with Crippen molar-refractivity contribution in [1.82, 2.24) is 26.3 Å². The Labute approximate surface area is 301 Å². The third kappa shape index (κ3) is 11.8. The molecule has 3 rings (SSSR count). The van der Waals surface area contributed by atoms with E-state index in [1.807, 2.05) is 108 Å². The van der Waals surface area contributed by atoms with Crippen LogP contribution in [-0.4, -0.2) is 78.6 Å². The van der Waals surface area contributed by atoms with Crippen molar-refractivity contribution in [3.8, 4) is 11.1 Å². The highest BCUT2D eigenvalue weighted by Crippen LogP contribution is 2.29. The number of nitrogens with zero attached hydrogens (tertiary/aromatic N) is 1. The lowest BCUT2D eigenvalue weighted by atomic mass is 9.77. The fourth-order valence-corrected chi connectivity index (χ4v) is 5.89. The number of ether oxygens (including phenoxy) is 2. The number of rotatable bonds is 14. The molecule has 276 valence electrons. The molecule has 0 saturated heterocycles. The lowest BCUT2D eigenvalue weighted by molar-refractivity contribution is -0.130. The zero-order chi connectivity index (χ0) is 37.8. The van der Waals surface area contributed by atoms with Gasteiger partial charge >= 0.3 is 12.2 Å². The average Bonchev–Trinajstić information content (AvgIpc) is 3.09. The van der Waals surface area contributed by atoms with Gasteiger partial charge in [0.15, 0.2) is 0 Å². The molecule has 1 heterocycles. The molecule has 0 aliphatic heterocycles. The van der Waals surface area contributed by atoms with E-state index in [1.165, 1.54) is 14.2 Å². The van der Waals surface area contributed by atoms with Gasteiger partial charge in [-0.3, -0.25) is 14.6 Å². The van der Waals surface area contributed by atoms with Crippen molar-refractivity contribution in [1.29, 1.82) is 0 Å². The first-order valence-corrected chi connectivity index (χ1v) is 17.0. The molecule has 0 unspecified atom stereocenters. The van der Waals surface area contributed by atoms with E-state index in [-0.39, 0.29) is 25.8 Å². The van der Waals surface area contributed by atoms with Crippen LogP contribution in [0.2, 0.25) is 0 Å². The maximum absolute atomic E-state index is 14.3. The number of benzene rings is 2. The molecule has 0 radical (unpaired) electrons. The highest BCUT2D eigenvalue weighted by Gasteiger charge is 2.44. The first-order valence-electron chi connectivity index (χ1n) is 17.0. The molecule has 3 aromatic rings. The molecule has 51 heavy (non-hydrogen) atoms. The Balaban J connectivity index is 2.04. The molecule has 5 N–H and O–H groups in total. The number of carbonyl (C=O) groups is 4. The van der Waals surface area contributed by atoms with Crippen LogP contribution < -0.4 is 21.3 Å². The Morgan fingerprint density at radius 3 is 1.65 bits per heavy atom. The minimum atomic E-state index is -1.31. The highest BCUT2D eigenvalue weighted by atomic mass is 16.5. The predicted molar refractivity (Wildman–Crippen MR) is 196 cm³/mol. The molecule has 0 spiro atoms. The Morgan fingerprint density at radius 1 is 0.686 bits per heavy atom. The van der Waals surface area contributed by atoms with Crippen molar-refractivity contribution in [3.63, 3.8) is 0 Å². The van der Waals surface area contributed by atoms with E-state index in [0.717, 1.165) is 22.3 Å². The zero-order valence-electron chi connectivity index (χ0n) is 30.9. The van der Waals surface area contributed by atoms with E-state index in [4.69, 9.17) is 9.47 Å². The van der Waals surface area contributed by atoms with Crippen molar-refractivity contribution in [3.05, 3.63) is 90.3 Å². The van der Waals surface area contributed by atoms with Gasteiger partial charge in [0.25, 0.3) is 0 Å². The van der Waals surface area contributed by atoms with Gasteiger partial charge in [0.2, 0.25) is 11.8 Å². The number of methoxy groups -OCH3 is 2. The Morgan fingerprint density at radius 2 is 1.16 bits per heavy atom. The molecule has 12 nitrogen and oxygen atoms in total. The Hall–Kier alpha value is -4.97. The van der Waals surface area contributed by atoms with Crippen molar-refractivity contribution in [2.24, 2.45) is 10.8 Å². The molecule has 4 atom stereocenters. The Bertz CT molecular complexity index is 1590. The summed E-state index contributed by atoms with van der Waals surface area (Å²) in [4.78, 5) is 56.1. The van der Waals surface area contributed by atoms with Gasteiger partial charge in [-0.25, -0.2) is 9.59 Å². The standard InChI is InChI=1S/C39H53N5O7/c1-37(2,3)31(42-35(48)50-7)33(46)41-23-20-30(45)39(24-26-12-10-9-11-13-26,44-34(47)32(38(4,5)6)43-36(49)51-8)25-27-14-16-28(17-15-27)29-18-21-40-22-19-29/h9-19,21-22,30-32,45H,20,23-25H2,1-8H3,(H,41,46)(H,42,48)(H,43,49)(H,44,47)/t30-,31+,32-,39-/m0/s1. The van der Waals surface area contributed by atoms with Crippen LogP contribution >= 0.6 is 0 Å². The average molecular weight is 704 g/mol. The molecular weight excluding hydrogens is 650 g/mol. The number of aliphatic hydroxyl groups is 1. The maximum Gasteiger partial charge on any atom is 0.407 e. The minimum absolute atomic E-state index is 0.0337. The Kier molecular flexibility index (Phi) is 14.1. The number of carbonyl (C=O) groups excluding carboxylic acids is 4. The van der Waals surface area contributed by atoms with E-state index in [1.54, 1.807) is 12.4 Å². The molecule has 0 bridgehead atoms. The van der Waals surface area contributed by atoms with Crippen LogP contribution in [0.15, 0.2) is 79.1 Å². The monoisotopic (exact) mass is 703 g/mol. The molecule has 2 aromatic carbocycles. The van der Waals surface area contributed by atoms with Gasteiger partial charge in [-0.2, -0.15) is 0 Å². The number of hydrogen-bond donors (Lipinski definition) is 5. The molecule has 0 aliphatic carbocycles. The second-order valence-electron chi connectivity index (χ2n) is 14.9. The molecule has 0 aliphatic rings. The lowest BCUT2D eigenvalue weighted by Gasteiger charge is -2.42. The number of nitrogens with one attached hydrogen (secondary N) is 4. The quantitative estimate of drug-likeness (QED) is 0.160. The van der Waals surface area contributed by atoms with Gasteiger partial charge in [-0.1, -0.05) is 96.1 Å². The molecule has 0 fully saturated rings. The second-order valence-corrected chi connectivity index (χ2v) is 14.9. The first-order chi connectivity index (χ1) is 24.0. The minimum Gasteiger partial charge on any atom is -0.453 e. The van der Waals surface area contributed by atoms with Gasteiger partial charge < -0.3 is 35.8 Å². The molecule has 1 aromatic heterocycles. The highest BCUT2D eigenvalue weighted by molar-refractivity contribution is 5.87. The molecule has 4 amide bonds. The summed E-state index contributed by atoms with van der Waals surface area (Å²) in [6.07, 6.45) is 1.24. The van der Waals surface area contributed by atoms with Crippen LogP contribution in [-0.2, 0) is 31.9 Å². The van der Waals surface area contributed by atoms with Gasteiger partial charge in [-0.15, -0.1) is 0 Å². The van der Waals surface area contributed by atoms with E-state index < -0.39 is 58.6 Å². The summed E-state index contributed by atoms with van der Waals surface area (Å²) in [5, 5.41) is 23.5. The predicted octanol–water partition coefficient (Wildman–Crippen LogP) is 4.80.